The van der Waals surface area contributed by atoms with Crippen molar-refractivity contribution in [3.63, 3.8) is 0 Å². The number of Topliss-reactive ketones (excluding diaryl/α,β-unsaturated/α-hetero) is 1. The molecule has 1 aliphatic rings. The van der Waals surface area contributed by atoms with Crippen molar-refractivity contribution in [1.82, 2.24) is 8.87 Å². The summed E-state index contributed by atoms with van der Waals surface area (Å²) in [4.78, 5) is 14.5. The molecule has 3 aromatic rings. The Labute approximate surface area is 211 Å². The van der Waals surface area contributed by atoms with Gasteiger partial charge in [0, 0.05) is 31.5 Å². The van der Waals surface area contributed by atoms with Gasteiger partial charge in [-0.2, -0.15) is 0 Å². The van der Waals surface area contributed by atoms with Crippen LogP contribution in [0.4, 0.5) is 0 Å². The maximum absolute atomic E-state index is 13.1. The van der Waals surface area contributed by atoms with Crippen LogP contribution in [0.3, 0.4) is 0 Å². The van der Waals surface area contributed by atoms with Crippen molar-refractivity contribution in [2.75, 3.05) is 40.5 Å². The molecular formula is C26H30N2O7S. The summed E-state index contributed by atoms with van der Waals surface area (Å²) in [6, 6.07) is 15.2. The van der Waals surface area contributed by atoms with Crippen LogP contribution in [0.5, 0.6) is 17.2 Å². The lowest BCUT2D eigenvalue weighted by Gasteiger charge is -2.33. The van der Waals surface area contributed by atoms with Crippen molar-refractivity contribution < 1.29 is 32.2 Å². The molecule has 1 aliphatic heterocycles. The molecule has 10 heteroatoms. The van der Waals surface area contributed by atoms with Gasteiger partial charge in [0.25, 0.3) is 10.0 Å². The van der Waals surface area contributed by atoms with Crippen LogP contribution in [0.1, 0.15) is 23.0 Å². The normalized spacial score (nSPS) is 16.5. The minimum atomic E-state index is -3.69. The highest BCUT2D eigenvalue weighted by atomic mass is 32.2. The van der Waals surface area contributed by atoms with Gasteiger partial charge in [-0.15, -0.1) is 0 Å². The quantitative estimate of drug-likeness (QED) is 0.381. The number of methoxy groups -OCH3 is 2. The third-order valence-electron chi connectivity index (χ3n) is 5.99. The lowest BCUT2D eigenvalue weighted by atomic mass is 10.1. The molecule has 1 unspecified atom stereocenters. The van der Waals surface area contributed by atoms with E-state index in [9.17, 15) is 13.2 Å². The molecule has 2 heterocycles. The average Bonchev–Trinajstić information content (AvgIpc) is 3.36. The van der Waals surface area contributed by atoms with Crippen LogP contribution >= 0.6 is 0 Å². The number of ketones is 1. The SMILES string of the molecule is COc1ccc(C(C)=O)c(OCC2CN(Cc3cccn3S(=O)(=O)c3ccccc3)CCO2)c1OC. The monoisotopic (exact) mass is 514 g/mol. The number of carbonyl (C=O) groups is 1. The molecule has 4 rings (SSSR count). The van der Waals surface area contributed by atoms with E-state index in [4.69, 9.17) is 18.9 Å². The fourth-order valence-electron chi connectivity index (χ4n) is 4.21. The number of carbonyl (C=O) groups excluding carboxylic acids is 1. The molecule has 9 nitrogen and oxygen atoms in total. The molecule has 36 heavy (non-hydrogen) atoms. The highest BCUT2D eigenvalue weighted by Gasteiger charge is 2.26. The van der Waals surface area contributed by atoms with Gasteiger partial charge in [0.15, 0.2) is 17.3 Å². The lowest BCUT2D eigenvalue weighted by molar-refractivity contribution is -0.0511. The number of ether oxygens (including phenoxy) is 4. The minimum Gasteiger partial charge on any atom is -0.493 e. The van der Waals surface area contributed by atoms with E-state index in [0.29, 0.717) is 54.7 Å². The minimum absolute atomic E-state index is 0.155. The Balaban J connectivity index is 1.46. The van der Waals surface area contributed by atoms with Gasteiger partial charge < -0.3 is 18.9 Å². The molecule has 0 spiro atoms. The molecule has 1 fully saturated rings. The second-order valence-electron chi connectivity index (χ2n) is 8.39. The summed E-state index contributed by atoms with van der Waals surface area (Å²) < 4.78 is 50.3. The van der Waals surface area contributed by atoms with E-state index < -0.39 is 10.0 Å². The number of benzene rings is 2. The first kappa shape index (κ1) is 25.7. The zero-order valence-corrected chi connectivity index (χ0v) is 21.4. The Morgan fingerprint density at radius 1 is 1.03 bits per heavy atom. The Morgan fingerprint density at radius 2 is 1.81 bits per heavy atom. The number of nitrogens with zero attached hydrogens (tertiary/aromatic N) is 2. The summed E-state index contributed by atoms with van der Waals surface area (Å²) in [7, 11) is -0.677. The second-order valence-corrected chi connectivity index (χ2v) is 10.2. The highest BCUT2D eigenvalue weighted by Crippen LogP contribution is 2.40. The van der Waals surface area contributed by atoms with Gasteiger partial charge in [0.1, 0.15) is 12.7 Å². The summed E-state index contributed by atoms with van der Waals surface area (Å²) >= 11 is 0. The van der Waals surface area contributed by atoms with Crippen LogP contribution in [-0.4, -0.2) is 69.7 Å². The van der Waals surface area contributed by atoms with Crippen molar-refractivity contribution >= 4 is 15.8 Å². The number of hydrogen-bond acceptors (Lipinski definition) is 8. The van der Waals surface area contributed by atoms with E-state index in [1.54, 1.807) is 54.7 Å². The van der Waals surface area contributed by atoms with Gasteiger partial charge in [0.2, 0.25) is 5.75 Å². The van der Waals surface area contributed by atoms with Crippen molar-refractivity contribution in [1.29, 1.82) is 0 Å². The second kappa shape index (κ2) is 11.2. The predicted molar refractivity (Wildman–Crippen MR) is 134 cm³/mol. The van der Waals surface area contributed by atoms with Crippen LogP contribution in [0.15, 0.2) is 65.7 Å². The molecule has 1 atom stereocenters. The molecule has 0 aliphatic carbocycles. The number of hydrogen-bond donors (Lipinski definition) is 0. The first-order valence-electron chi connectivity index (χ1n) is 11.5. The van der Waals surface area contributed by atoms with Crippen molar-refractivity contribution in [2.45, 2.75) is 24.5 Å². The van der Waals surface area contributed by atoms with Crippen LogP contribution < -0.4 is 14.2 Å². The summed E-state index contributed by atoms with van der Waals surface area (Å²) in [5.41, 5.74) is 1.05. The number of aromatic nitrogens is 1. The number of morpholine rings is 1. The van der Waals surface area contributed by atoms with Crippen molar-refractivity contribution in [2.24, 2.45) is 0 Å². The Bertz CT molecular complexity index is 1310. The zero-order valence-electron chi connectivity index (χ0n) is 20.5. The summed E-state index contributed by atoms with van der Waals surface area (Å²) in [6.45, 7) is 3.72. The third-order valence-corrected chi connectivity index (χ3v) is 7.74. The molecule has 0 radical (unpaired) electrons. The summed E-state index contributed by atoms with van der Waals surface area (Å²) in [5.74, 6) is 0.969. The number of rotatable bonds is 10. The van der Waals surface area contributed by atoms with E-state index in [-0.39, 0.29) is 23.4 Å². The fraction of sp³-hybridized carbons (Fsp3) is 0.346. The topological polar surface area (TPSA) is 96.3 Å². The highest BCUT2D eigenvalue weighted by molar-refractivity contribution is 7.90. The van der Waals surface area contributed by atoms with Gasteiger partial charge in [-0.1, -0.05) is 18.2 Å². The molecule has 0 bridgehead atoms. The Hall–Kier alpha value is -3.34. The van der Waals surface area contributed by atoms with Crippen LogP contribution in [0.25, 0.3) is 0 Å². The zero-order chi connectivity index (χ0) is 25.7. The first-order chi connectivity index (χ1) is 17.3. The van der Waals surface area contributed by atoms with Crippen LogP contribution in [0.2, 0.25) is 0 Å². The molecular weight excluding hydrogens is 484 g/mol. The fourth-order valence-corrected chi connectivity index (χ4v) is 5.60. The molecule has 2 aromatic carbocycles. The smallest absolute Gasteiger partial charge is 0.267 e. The van der Waals surface area contributed by atoms with Crippen LogP contribution in [0, 0.1) is 0 Å². The van der Waals surface area contributed by atoms with Gasteiger partial charge >= 0.3 is 0 Å². The Kier molecular flexibility index (Phi) is 7.97. The van der Waals surface area contributed by atoms with E-state index in [0.717, 1.165) is 0 Å². The van der Waals surface area contributed by atoms with Crippen LogP contribution in [-0.2, 0) is 21.3 Å². The molecule has 0 N–H and O–H groups in total. The van der Waals surface area contributed by atoms with Gasteiger partial charge in [-0.25, -0.2) is 12.4 Å². The van der Waals surface area contributed by atoms with E-state index in [2.05, 4.69) is 4.90 Å². The van der Waals surface area contributed by atoms with E-state index in [1.165, 1.54) is 25.1 Å². The largest absolute Gasteiger partial charge is 0.493 e. The third kappa shape index (κ3) is 5.40. The van der Waals surface area contributed by atoms with E-state index >= 15 is 0 Å². The predicted octanol–water partition coefficient (Wildman–Crippen LogP) is 3.22. The molecule has 192 valence electrons. The molecule has 0 amide bonds. The maximum atomic E-state index is 13.1. The molecule has 1 aromatic heterocycles. The average molecular weight is 515 g/mol. The van der Waals surface area contributed by atoms with Crippen molar-refractivity contribution in [3.8, 4) is 17.2 Å². The van der Waals surface area contributed by atoms with Gasteiger partial charge in [-0.3, -0.25) is 9.69 Å². The lowest BCUT2D eigenvalue weighted by Crippen LogP contribution is -2.44. The van der Waals surface area contributed by atoms with Gasteiger partial charge in [0.05, 0.1) is 31.3 Å². The van der Waals surface area contributed by atoms with Crippen molar-refractivity contribution in [3.05, 3.63) is 72.1 Å². The summed E-state index contributed by atoms with van der Waals surface area (Å²) in [5, 5.41) is 0. The Morgan fingerprint density at radius 3 is 2.50 bits per heavy atom. The molecule has 1 saturated heterocycles. The maximum Gasteiger partial charge on any atom is 0.267 e. The molecule has 0 saturated carbocycles. The van der Waals surface area contributed by atoms with Gasteiger partial charge in [-0.05, 0) is 43.3 Å². The first-order valence-corrected chi connectivity index (χ1v) is 13.0. The standard InChI is InChI=1S/C26H30N2O7S/c1-19(29)23-11-12-24(32-2)26(33-3)25(23)35-18-21-17-27(14-15-34-21)16-20-8-7-13-28(20)36(30,31)22-9-5-4-6-10-22/h4-13,21H,14-18H2,1-3H3. The summed E-state index contributed by atoms with van der Waals surface area (Å²) in [6.07, 6.45) is 1.28. The van der Waals surface area contributed by atoms with E-state index in [1.807, 2.05) is 6.07 Å².